The molecule has 0 N–H and O–H groups in total. The highest BCUT2D eigenvalue weighted by Crippen LogP contribution is 2.37. The zero-order valence-electron chi connectivity index (χ0n) is 15.7. The predicted octanol–water partition coefficient (Wildman–Crippen LogP) is 4.61. The summed E-state index contributed by atoms with van der Waals surface area (Å²) < 4.78 is 5.04. The van der Waals surface area contributed by atoms with Crippen LogP contribution in [-0.4, -0.2) is 23.9 Å². The van der Waals surface area contributed by atoms with Crippen LogP contribution < -0.4 is 0 Å². The van der Waals surface area contributed by atoms with Gasteiger partial charge in [0.1, 0.15) is 0 Å². The van der Waals surface area contributed by atoms with Crippen LogP contribution in [0, 0.1) is 6.92 Å². The number of carbonyl (C=O) groups excluding carboxylic acids is 2. The Bertz CT molecular complexity index is 919. The highest BCUT2D eigenvalue weighted by molar-refractivity contribution is 6.30. The molecule has 0 unspecified atom stereocenters. The van der Waals surface area contributed by atoms with Gasteiger partial charge in [0.15, 0.2) is 0 Å². The number of ether oxygens (including phenoxy) is 1. The summed E-state index contributed by atoms with van der Waals surface area (Å²) in [5, 5.41) is 0.615. The molecule has 2 aromatic rings. The van der Waals surface area contributed by atoms with E-state index in [0.29, 0.717) is 22.8 Å². The molecule has 1 aliphatic rings. The minimum absolute atomic E-state index is 0.0216. The van der Waals surface area contributed by atoms with Gasteiger partial charge in [0.2, 0.25) is 5.91 Å². The average Bonchev–Trinajstić information content (AvgIpc) is 2.64. The van der Waals surface area contributed by atoms with Crippen molar-refractivity contribution in [3.63, 3.8) is 0 Å². The fraction of sp³-hybridized carbons (Fsp3) is 0.273. The molecule has 0 aliphatic carbocycles. The van der Waals surface area contributed by atoms with Crippen LogP contribution in [-0.2, 0) is 20.9 Å². The van der Waals surface area contributed by atoms with Crippen LogP contribution >= 0.6 is 11.6 Å². The number of hydrogen-bond donors (Lipinski definition) is 0. The molecule has 1 aliphatic heterocycles. The first kappa shape index (κ1) is 19.2. The van der Waals surface area contributed by atoms with Crippen molar-refractivity contribution in [2.24, 2.45) is 0 Å². The van der Waals surface area contributed by atoms with Gasteiger partial charge in [0.25, 0.3) is 0 Å². The van der Waals surface area contributed by atoms with Crippen molar-refractivity contribution in [3.05, 3.63) is 81.5 Å². The van der Waals surface area contributed by atoms with Gasteiger partial charge >= 0.3 is 5.97 Å². The monoisotopic (exact) mass is 383 g/mol. The third-order valence-electron chi connectivity index (χ3n) is 4.90. The number of amides is 1. The first-order valence-corrected chi connectivity index (χ1v) is 9.19. The van der Waals surface area contributed by atoms with E-state index in [-0.39, 0.29) is 18.2 Å². The number of hydrogen-bond acceptors (Lipinski definition) is 3. The van der Waals surface area contributed by atoms with Crippen molar-refractivity contribution in [2.45, 2.75) is 32.7 Å². The number of methoxy groups -OCH3 is 1. The third kappa shape index (κ3) is 4.06. The lowest BCUT2D eigenvalue weighted by molar-refractivity contribution is -0.138. The predicted molar refractivity (Wildman–Crippen MR) is 105 cm³/mol. The number of benzene rings is 2. The van der Waals surface area contributed by atoms with Gasteiger partial charge < -0.3 is 9.64 Å². The second kappa shape index (κ2) is 7.97. The number of allylic oxidation sites excluding steroid dienone is 1. The minimum atomic E-state index is -0.400. The van der Waals surface area contributed by atoms with Crippen molar-refractivity contribution >= 4 is 23.5 Å². The molecule has 0 saturated heterocycles. The molecule has 0 fully saturated rings. The first-order valence-electron chi connectivity index (χ1n) is 8.81. The lowest BCUT2D eigenvalue weighted by atomic mass is 9.83. The van der Waals surface area contributed by atoms with Gasteiger partial charge in [0.05, 0.1) is 19.2 Å². The van der Waals surface area contributed by atoms with E-state index in [2.05, 4.69) is 0 Å². The summed E-state index contributed by atoms with van der Waals surface area (Å²) >= 11 is 6.07. The second-order valence-corrected chi connectivity index (χ2v) is 7.21. The fourth-order valence-electron chi connectivity index (χ4n) is 3.57. The third-order valence-corrected chi connectivity index (χ3v) is 5.14. The minimum Gasteiger partial charge on any atom is -0.466 e. The van der Waals surface area contributed by atoms with E-state index in [0.717, 1.165) is 16.7 Å². The molecule has 1 amide bonds. The Morgan fingerprint density at radius 2 is 1.93 bits per heavy atom. The van der Waals surface area contributed by atoms with Crippen LogP contribution in [0.5, 0.6) is 0 Å². The molecule has 5 heteroatoms. The van der Waals surface area contributed by atoms with Gasteiger partial charge in [0, 0.05) is 23.1 Å². The van der Waals surface area contributed by atoms with Crippen LogP contribution in [0.1, 0.15) is 36.0 Å². The maximum atomic E-state index is 12.9. The van der Waals surface area contributed by atoms with Gasteiger partial charge in [-0.25, -0.2) is 4.79 Å². The summed E-state index contributed by atoms with van der Waals surface area (Å²) in [4.78, 5) is 27.1. The Kier molecular flexibility index (Phi) is 5.66. The highest BCUT2D eigenvalue weighted by atomic mass is 35.5. The molecule has 4 nitrogen and oxygen atoms in total. The number of halogens is 1. The Morgan fingerprint density at radius 3 is 2.59 bits per heavy atom. The van der Waals surface area contributed by atoms with Gasteiger partial charge in [-0.2, -0.15) is 0 Å². The summed E-state index contributed by atoms with van der Waals surface area (Å²) in [5.74, 6) is -0.727. The van der Waals surface area contributed by atoms with Gasteiger partial charge in [-0.1, -0.05) is 53.6 Å². The van der Waals surface area contributed by atoms with Crippen molar-refractivity contribution in [3.8, 4) is 0 Å². The second-order valence-electron chi connectivity index (χ2n) is 6.77. The van der Waals surface area contributed by atoms with Gasteiger partial charge in [-0.05, 0) is 37.1 Å². The summed E-state index contributed by atoms with van der Waals surface area (Å²) in [5.41, 5.74) is 4.11. The van der Waals surface area contributed by atoms with Gasteiger partial charge in [-0.15, -0.1) is 0 Å². The molecule has 3 rings (SSSR count). The zero-order valence-corrected chi connectivity index (χ0v) is 16.4. The van der Waals surface area contributed by atoms with E-state index in [4.69, 9.17) is 16.3 Å². The zero-order chi connectivity index (χ0) is 19.6. The summed E-state index contributed by atoms with van der Waals surface area (Å²) in [6, 6.07) is 15.3. The molecule has 0 spiro atoms. The normalized spacial score (nSPS) is 17.3. The molecular weight excluding hydrogens is 362 g/mol. The number of aryl methyl sites for hydroxylation is 1. The van der Waals surface area contributed by atoms with Crippen LogP contribution in [0.25, 0.3) is 0 Å². The Labute approximate surface area is 164 Å². The van der Waals surface area contributed by atoms with E-state index >= 15 is 0 Å². The van der Waals surface area contributed by atoms with E-state index < -0.39 is 5.97 Å². The smallest absolute Gasteiger partial charge is 0.336 e. The van der Waals surface area contributed by atoms with Crippen LogP contribution in [0.3, 0.4) is 0 Å². The summed E-state index contributed by atoms with van der Waals surface area (Å²) in [6.07, 6.45) is 0.228. The van der Waals surface area contributed by atoms with Crippen molar-refractivity contribution in [1.82, 2.24) is 4.90 Å². The van der Waals surface area contributed by atoms with Crippen molar-refractivity contribution in [2.75, 3.05) is 7.11 Å². The van der Waals surface area contributed by atoms with Crippen LogP contribution in [0.15, 0.2) is 59.8 Å². The molecule has 27 heavy (non-hydrogen) atoms. The Hall–Kier alpha value is -2.59. The van der Waals surface area contributed by atoms with Crippen molar-refractivity contribution < 1.29 is 14.3 Å². The molecule has 1 atom stereocenters. The molecule has 1 heterocycles. The Morgan fingerprint density at radius 1 is 1.19 bits per heavy atom. The lowest BCUT2D eigenvalue weighted by Crippen LogP contribution is -2.37. The quantitative estimate of drug-likeness (QED) is 0.724. The van der Waals surface area contributed by atoms with E-state index in [1.54, 1.807) is 17.9 Å². The largest absolute Gasteiger partial charge is 0.466 e. The topological polar surface area (TPSA) is 46.6 Å². The standard InChI is InChI=1S/C22H22ClNO3/c1-14-6-4-8-17(10-14)19-12-20(25)24(15(2)21(19)22(26)27-3)13-16-7-5-9-18(23)11-16/h4-11,19H,12-13H2,1-3H3/t19-/m0/s1. The molecular formula is C22H22ClNO3. The van der Waals surface area contributed by atoms with E-state index in [9.17, 15) is 9.59 Å². The molecule has 0 saturated carbocycles. The number of nitrogens with zero attached hydrogens (tertiary/aromatic N) is 1. The fourth-order valence-corrected chi connectivity index (χ4v) is 3.78. The molecule has 140 valence electrons. The lowest BCUT2D eigenvalue weighted by Gasteiger charge is -2.34. The van der Waals surface area contributed by atoms with E-state index in [1.807, 2.05) is 49.4 Å². The maximum absolute atomic E-state index is 12.9. The molecule has 0 bridgehead atoms. The van der Waals surface area contributed by atoms with Crippen LogP contribution in [0.4, 0.5) is 0 Å². The number of carbonyl (C=O) groups is 2. The van der Waals surface area contributed by atoms with Gasteiger partial charge in [-0.3, -0.25) is 4.79 Å². The summed E-state index contributed by atoms with van der Waals surface area (Å²) in [6.45, 7) is 4.16. The van der Waals surface area contributed by atoms with Crippen molar-refractivity contribution in [1.29, 1.82) is 0 Å². The van der Waals surface area contributed by atoms with Crippen LogP contribution in [0.2, 0.25) is 5.02 Å². The highest BCUT2D eigenvalue weighted by Gasteiger charge is 2.36. The number of rotatable bonds is 4. The Balaban J connectivity index is 2.03. The first-order chi connectivity index (χ1) is 12.9. The molecule has 0 aromatic heterocycles. The SMILES string of the molecule is COC(=O)C1=C(C)N(Cc2cccc(Cl)c2)C(=O)C[C@H]1c1cccc(C)c1. The summed E-state index contributed by atoms with van der Waals surface area (Å²) in [7, 11) is 1.37. The van der Waals surface area contributed by atoms with E-state index in [1.165, 1.54) is 7.11 Å². The maximum Gasteiger partial charge on any atom is 0.336 e. The number of esters is 1. The average molecular weight is 384 g/mol. The molecule has 0 radical (unpaired) electrons. The molecule has 2 aromatic carbocycles.